The summed E-state index contributed by atoms with van der Waals surface area (Å²) in [5.41, 5.74) is 0. The maximum Gasteiger partial charge on any atom is 0.331 e. The molecule has 0 saturated carbocycles. The molecule has 0 heterocycles. The van der Waals surface area contributed by atoms with E-state index >= 15 is 0 Å². The van der Waals surface area contributed by atoms with Crippen LogP contribution in [-0.4, -0.2) is 24.7 Å². The van der Waals surface area contributed by atoms with Crippen LogP contribution in [0.1, 0.15) is 0 Å². The second-order valence-corrected chi connectivity index (χ2v) is 2.53. The molecule has 0 aromatic heterocycles. The summed E-state index contributed by atoms with van der Waals surface area (Å²) in [6, 6.07) is 0. The van der Waals surface area contributed by atoms with Crippen molar-refractivity contribution < 1.29 is 14.3 Å². The van der Waals surface area contributed by atoms with Crippen molar-refractivity contribution in [3.8, 4) is 0 Å². The van der Waals surface area contributed by atoms with Crippen molar-refractivity contribution in [2.45, 2.75) is 5.01 Å². The first-order valence-corrected chi connectivity index (χ1v) is 3.58. The van der Waals surface area contributed by atoms with Crippen molar-refractivity contribution >= 4 is 21.9 Å². The zero-order chi connectivity index (χ0) is 7.98. The van der Waals surface area contributed by atoms with Crippen LogP contribution in [0.5, 0.6) is 0 Å². The molecule has 1 unspecified atom stereocenters. The first-order valence-electron chi connectivity index (χ1n) is 2.66. The van der Waals surface area contributed by atoms with Crippen LogP contribution in [0.3, 0.4) is 0 Å². The highest BCUT2D eigenvalue weighted by molar-refractivity contribution is 9.09. The molecule has 0 aromatic carbocycles. The highest BCUT2D eigenvalue weighted by Gasteiger charge is 2.05. The van der Waals surface area contributed by atoms with Crippen LogP contribution in [0.2, 0.25) is 0 Å². The summed E-state index contributed by atoms with van der Waals surface area (Å²) >= 11 is 3.06. The van der Waals surface area contributed by atoms with Gasteiger partial charge in [-0.1, -0.05) is 6.58 Å². The summed E-state index contributed by atoms with van der Waals surface area (Å²) in [5, 5.41) is -0.386. The van der Waals surface area contributed by atoms with Crippen LogP contribution in [0.25, 0.3) is 0 Å². The van der Waals surface area contributed by atoms with Crippen LogP contribution in [-0.2, 0) is 14.3 Å². The molecule has 58 valence electrons. The van der Waals surface area contributed by atoms with Crippen molar-refractivity contribution in [2.75, 3.05) is 13.7 Å². The number of hydrogen-bond acceptors (Lipinski definition) is 3. The summed E-state index contributed by atoms with van der Waals surface area (Å²) in [4.78, 5) is 10.5. The molecule has 10 heavy (non-hydrogen) atoms. The lowest BCUT2D eigenvalue weighted by Crippen LogP contribution is -2.14. The number of hydrogen-bond donors (Lipinski definition) is 0. The number of rotatable bonds is 4. The predicted octanol–water partition coefficient (Wildman–Crippen LogP) is 1.08. The number of halogens is 1. The van der Waals surface area contributed by atoms with Crippen molar-refractivity contribution in [3.63, 3.8) is 0 Å². The lowest BCUT2D eigenvalue weighted by atomic mass is 10.6. The minimum Gasteiger partial charge on any atom is -0.445 e. The van der Waals surface area contributed by atoms with E-state index in [0.29, 0.717) is 6.61 Å². The molecular formula is C6H9BrO3. The highest BCUT2D eigenvalue weighted by Crippen LogP contribution is 2.01. The molecule has 0 aliphatic carbocycles. The molecule has 0 N–H and O–H groups in total. The molecule has 0 aromatic rings. The number of carbonyl (C=O) groups excluding carboxylic acids is 1. The number of esters is 1. The maximum absolute atomic E-state index is 10.5. The Balaban J connectivity index is 3.46. The van der Waals surface area contributed by atoms with Gasteiger partial charge >= 0.3 is 5.97 Å². The fraction of sp³-hybridized carbons (Fsp3) is 0.500. The normalized spacial score (nSPS) is 12.2. The number of methoxy groups -OCH3 is 1. The third-order valence-electron chi connectivity index (χ3n) is 0.708. The monoisotopic (exact) mass is 208 g/mol. The van der Waals surface area contributed by atoms with Crippen molar-refractivity contribution in [1.82, 2.24) is 0 Å². The van der Waals surface area contributed by atoms with E-state index < -0.39 is 5.97 Å². The van der Waals surface area contributed by atoms with Gasteiger partial charge in [-0.05, 0) is 15.9 Å². The Morgan fingerprint density at radius 3 is 2.90 bits per heavy atom. The number of carbonyl (C=O) groups is 1. The summed E-state index contributed by atoms with van der Waals surface area (Å²) in [7, 11) is 1.52. The molecule has 0 radical (unpaired) electrons. The van der Waals surface area contributed by atoms with E-state index in [1.54, 1.807) is 0 Å². The Kier molecular flexibility index (Phi) is 5.25. The quantitative estimate of drug-likeness (QED) is 0.395. The van der Waals surface area contributed by atoms with Gasteiger partial charge in [0.15, 0.2) is 5.01 Å². The van der Waals surface area contributed by atoms with E-state index in [1.807, 2.05) is 0 Å². The SMILES string of the molecule is C=CC(=O)OC(Br)COC. The van der Waals surface area contributed by atoms with Gasteiger partial charge in [0.25, 0.3) is 0 Å². The van der Waals surface area contributed by atoms with Gasteiger partial charge in [0.2, 0.25) is 0 Å². The van der Waals surface area contributed by atoms with Crippen molar-refractivity contribution in [2.24, 2.45) is 0 Å². The Hall–Kier alpha value is -0.350. The molecule has 0 bridgehead atoms. The van der Waals surface area contributed by atoms with Gasteiger partial charge in [-0.15, -0.1) is 0 Å². The fourth-order valence-electron chi connectivity index (χ4n) is 0.339. The molecule has 0 amide bonds. The summed E-state index contributed by atoms with van der Waals surface area (Å²) < 4.78 is 9.37. The van der Waals surface area contributed by atoms with Crippen molar-refractivity contribution in [3.05, 3.63) is 12.7 Å². The Morgan fingerprint density at radius 2 is 2.50 bits per heavy atom. The van der Waals surface area contributed by atoms with Gasteiger partial charge in [0.1, 0.15) is 0 Å². The van der Waals surface area contributed by atoms with E-state index in [9.17, 15) is 4.79 Å². The molecule has 4 heteroatoms. The van der Waals surface area contributed by atoms with Crippen LogP contribution in [0.4, 0.5) is 0 Å². The average molecular weight is 209 g/mol. The number of ether oxygens (including phenoxy) is 2. The van der Waals surface area contributed by atoms with Gasteiger partial charge in [-0.3, -0.25) is 0 Å². The van der Waals surface area contributed by atoms with Gasteiger partial charge in [-0.2, -0.15) is 0 Å². The summed E-state index contributed by atoms with van der Waals surface area (Å²) in [5.74, 6) is -0.459. The van der Waals surface area contributed by atoms with E-state index in [1.165, 1.54) is 7.11 Å². The maximum atomic E-state index is 10.5. The molecule has 0 rings (SSSR count). The van der Waals surface area contributed by atoms with E-state index in [4.69, 9.17) is 4.74 Å². The zero-order valence-electron chi connectivity index (χ0n) is 5.67. The first kappa shape index (κ1) is 9.65. The minimum atomic E-state index is -0.459. The number of alkyl halides is 1. The molecule has 0 aliphatic heterocycles. The van der Waals surface area contributed by atoms with Gasteiger partial charge in [0.05, 0.1) is 6.61 Å². The second-order valence-electron chi connectivity index (χ2n) is 1.51. The lowest BCUT2D eigenvalue weighted by Gasteiger charge is -2.07. The third-order valence-corrected chi connectivity index (χ3v) is 1.16. The zero-order valence-corrected chi connectivity index (χ0v) is 7.26. The first-order chi connectivity index (χ1) is 4.70. The average Bonchev–Trinajstić information content (AvgIpc) is 1.88. The fourth-order valence-corrected chi connectivity index (χ4v) is 0.788. The van der Waals surface area contributed by atoms with Crippen LogP contribution in [0, 0.1) is 0 Å². The van der Waals surface area contributed by atoms with Crippen LogP contribution >= 0.6 is 15.9 Å². The Morgan fingerprint density at radius 1 is 1.90 bits per heavy atom. The van der Waals surface area contributed by atoms with E-state index in [0.717, 1.165) is 6.08 Å². The van der Waals surface area contributed by atoms with Crippen LogP contribution < -0.4 is 0 Å². The van der Waals surface area contributed by atoms with Crippen molar-refractivity contribution in [1.29, 1.82) is 0 Å². The van der Waals surface area contributed by atoms with Gasteiger partial charge in [-0.25, -0.2) is 4.79 Å². The Labute approximate surface area is 68.1 Å². The van der Waals surface area contributed by atoms with E-state index in [-0.39, 0.29) is 5.01 Å². The van der Waals surface area contributed by atoms with E-state index in [2.05, 4.69) is 27.2 Å². The third kappa shape index (κ3) is 4.52. The molecule has 3 nitrogen and oxygen atoms in total. The summed E-state index contributed by atoms with van der Waals surface area (Å²) in [6.07, 6.45) is 1.10. The second kappa shape index (κ2) is 5.44. The molecule has 0 spiro atoms. The summed E-state index contributed by atoms with van der Waals surface area (Å²) in [6.45, 7) is 3.57. The molecule has 0 saturated heterocycles. The lowest BCUT2D eigenvalue weighted by molar-refractivity contribution is -0.140. The van der Waals surface area contributed by atoms with Crippen LogP contribution in [0.15, 0.2) is 12.7 Å². The van der Waals surface area contributed by atoms with Gasteiger partial charge < -0.3 is 9.47 Å². The molecule has 0 fully saturated rings. The molecular weight excluding hydrogens is 200 g/mol. The molecule has 0 aliphatic rings. The highest BCUT2D eigenvalue weighted by atomic mass is 79.9. The molecule has 1 atom stereocenters. The largest absolute Gasteiger partial charge is 0.445 e. The smallest absolute Gasteiger partial charge is 0.331 e. The van der Waals surface area contributed by atoms with Gasteiger partial charge in [0, 0.05) is 13.2 Å². The standard InChI is InChI=1S/C6H9BrO3/c1-3-6(8)10-5(7)4-9-2/h3,5H,1,4H2,2H3. The Bertz CT molecular complexity index is 124. The predicted molar refractivity (Wildman–Crippen MR) is 40.9 cm³/mol. The topological polar surface area (TPSA) is 35.5 Å². The minimum absolute atomic E-state index is 0.333.